The third-order valence-corrected chi connectivity index (χ3v) is 6.26. The SMILES string of the molecule is C[C@@H]1CCC[C@H](Nc2cccc(-c3cnc4cc(CO)c(C5CC5)cn34)n2)C1. The Labute approximate surface area is 165 Å². The van der Waals surface area contributed by atoms with Crippen molar-refractivity contribution in [3.05, 3.63) is 47.8 Å². The largest absolute Gasteiger partial charge is 0.392 e. The molecule has 5 rings (SSSR count). The van der Waals surface area contributed by atoms with Crippen molar-refractivity contribution >= 4 is 11.5 Å². The molecule has 2 aliphatic rings. The molecule has 2 aliphatic carbocycles. The van der Waals surface area contributed by atoms with Crippen molar-refractivity contribution < 1.29 is 5.11 Å². The van der Waals surface area contributed by atoms with Crippen LogP contribution in [0.25, 0.3) is 17.0 Å². The maximum atomic E-state index is 9.73. The van der Waals surface area contributed by atoms with Gasteiger partial charge in [0.25, 0.3) is 0 Å². The number of anilines is 1. The summed E-state index contributed by atoms with van der Waals surface area (Å²) < 4.78 is 2.13. The normalized spacial score (nSPS) is 22.5. The van der Waals surface area contributed by atoms with Gasteiger partial charge in [0.1, 0.15) is 11.5 Å². The van der Waals surface area contributed by atoms with Gasteiger partial charge in [-0.3, -0.25) is 4.40 Å². The topological polar surface area (TPSA) is 62.5 Å². The number of aliphatic hydroxyl groups is 1. The molecule has 0 aromatic carbocycles. The number of pyridine rings is 2. The number of hydrogen-bond donors (Lipinski definition) is 2. The number of rotatable bonds is 5. The molecule has 2 N–H and O–H groups in total. The molecule has 3 heterocycles. The molecule has 0 unspecified atom stereocenters. The Morgan fingerprint density at radius 1 is 1.21 bits per heavy atom. The van der Waals surface area contributed by atoms with E-state index in [1.165, 1.54) is 44.1 Å². The van der Waals surface area contributed by atoms with Crippen LogP contribution in [0.2, 0.25) is 0 Å². The molecular weight excluding hydrogens is 348 g/mol. The van der Waals surface area contributed by atoms with Crippen LogP contribution in [0.1, 0.15) is 62.5 Å². The van der Waals surface area contributed by atoms with Crippen molar-refractivity contribution in [3.8, 4) is 11.4 Å². The van der Waals surface area contributed by atoms with Gasteiger partial charge in [-0.2, -0.15) is 0 Å². The minimum absolute atomic E-state index is 0.0714. The molecule has 3 aromatic rings. The first kappa shape index (κ1) is 17.7. The van der Waals surface area contributed by atoms with Gasteiger partial charge in [0.05, 0.1) is 24.2 Å². The molecule has 5 heteroatoms. The van der Waals surface area contributed by atoms with Gasteiger partial charge in [-0.25, -0.2) is 9.97 Å². The maximum absolute atomic E-state index is 9.73. The smallest absolute Gasteiger partial charge is 0.137 e. The Morgan fingerprint density at radius 3 is 2.89 bits per heavy atom. The highest BCUT2D eigenvalue weighted by molar-refractivity contribution is 5.63. The minimum Gasteiger partial charge on any atom is -0.392 e. The van der Waals surface area contributed by atoms with Gasteiger partial charge in [-0.15, -0.1) is 0 Å². The lowest BCUT2D eigenvalue weighted by atomic mass is 9.87. The van der Waals surface area contributed by atoms with Crippen LogP contribution < -0.4 is 5.32 Å². The minimum atomic E-state index is 0.0714. The zero-order valence-corrected chi connectivity index (χ0v) is 16.4. The molecule has 0 bridgehead atoms. The van der Waals surface area contributed by atoms with Crippen molar-refractivity contribution in [1.82, 2.24) is 14.4 Å². The van der Waals surface area contributed by atoms with Gasteiger partial charge in [-0.1, -0.05) is 25.8 Å². The Morgan fingerprint density at radius 2 is 2.11 bits per heavy atom. The van der Waals surface area contributed by atoms with Gasteiger partial charge in [-0.05, 0) is 66.8 Å². The van der Waals surface area contributed by atoms with Crippen LogP contribution in [-0.2, 0) is 6.61 Å². The van der Waals surface area contributed by atoms with Crippen molar-refractivity contribution in [1.29, 1.82) is 0 Å². The summed E-state index contributed by atoms with van der Waals surface area (Å²) >= 11 is 0. The predicted octanol–water partition coefficient (Wildman–Crippen LogP) is 4.76. The summed E-state index contributed by atoms with van der Waals surface area (Å²) in [4.78, 5) is 9.47. The fourth-order valence-corrected chi connectivity index (χ4v) is 4.60. The first-order chi connectivity index (χ1) is 13.7. The molecule has 2 atom stereocenters. The summed E-state index contributed by atoms with van der Waals surface area (Å²) in [7, 11) is 0. The van der Waals surface area contributed by atoms with Gasteiger partial charge in [0, 0.05) is 12.2 Å². The van der Waals surface area contributed by atoms with Crippen LogP contribution in [0.5, 0.6) is 0 Å². The standard InChI is InChI=1S/C23H28N4O/c1-15-4-2-5-18(10-15)25-22-7-3-6-20(26-22)21-12-24-23-11-17(14-28)19(13-27(21)23)16-8-9-16/h3,6-7,11-13,15-16,18,28H,2,4-5,8-10,14H2,1H3,(H,25,26)/t15-,18+/m1/s1. The molecule has 2 saturated carbocycles. The average molecular weight is 377 g/mol. The van der Waals surface area contributed by atoms with E-state index in [1.54, 1.807) is 0 Å². The Hall–Kier alpha value is -2.40. The third kappa shape index (κ3) is 3.39. The van der Waals surface area contributed by atoms with Crippen molar-refractivity contribution in [2.24, 2.45) is 5.92 Å². The molecule has 5 nitrogen and oxygen atoms in total. The zero-order chi connectivity index (χ0) is 19.1. The average Bonchev–Trinajstić information content (AvgIpc) is 3.47. The summed E-state index contributed by atoms with van der Waals surface area (Å²) in [6, 6.07) is 8.71. The van der Waals surface area contributed by atoms with Crippen LogP contribution in [0.3, 0.4) is 0 Å². The van der Waals surface area contributed by atoms with E-state index >= 15 is 0 Å². The number of hydrogen-bond acceptors (Lipinski definition) is 4. The highest BCUT2D eigenvalue weighted by Gasteiger charge is 2.27. The van der Waals surface area contributed by atoms with E-state index in [9.17, 15) is 5.11 Å². The molecule has 0 radical (unpaired) electrons. The van der Waals surface area contributed by atoms with Crippen molar-refractivity contribution in [3.63, 3.8) is 0 Å². The lowest BCUT2D eigenvalue weighted by molar-refractivity contribution is 0.280. The number of aliphatic hydroxyl groups excluding tert-OH is 1. The second-order valence-electron chi connectivity index (χ2n) is 8.58. The Balaban J connectivity index is 1.47. The molecule has 0 saturated heterocycles. The molecule has 0 aliphatic heterocycles. The number of imidazole rings is 1. The highest BCUT2D eigenvalue weighted by Crippen LogP contribution is 2.42. The Kier molecular flexibility index (Phi) is 4.55. The Bertz CT molecular complexity index is 991. The number of nitrogens with one attached hydrogen (secondary N) is 1. The van der Waals surface area contributed by atoms with Crippen LogP contribution in [0.4, 0.5) is 5.82 Å². The van der Waals surface area contributed by atoms with Crippen LogP contribution >= 0.6 is 0 Å². The molecule has 3 aromatic heterocycles. The molecule has 0 spiro atoms. The first-order valence-electron chi connectivity index (χ1n) is 10.6. The van der Waals surface area contributed by atoms with E-state index in [1.807, 2.05) is 12.3 Å². The summed E-state index contributed by atoms with van der Waals surface area (Å²) in [6.45, 7) is 2.41. The molecule has 0 amide bonds. The summed E-state index contributed by atoms with van der Waals surface area (Å²) in [5.41, 5.74) is 5.05. The van der Waals surface area contributed by atoms with Crippen LogP contribution in [-0.4, -0.2) is 25.5 Å². The second-order valence-corrected chi connectivity index (χ2v) is 8.58. The molecule has 2 fully saturated rings. The molecule has 28 heavy (non-hydrogen) atoms. The highest BCUT2D eigenvalue weighted by atomic mass is 16.3. The van der Waals surface area contributed by atoms with E-state index in [4.69, 9.17) is 4.98 Å². The summed E-state index contributed by atoms with van der Waals surface area (Å²) in [6.07, 6.45) is 11.5. The lowest BCUT2D eigenvalue weighted by Gasteiger charge is -2.27. The third-order valence-electron chi connectivity index (χ3n) is 6.26. The lowest BCUT2D eigenvalue weighted by Crippen LogP contribution is -2.26. The van der Waals surface area contributed by atoms with Gasteiger partial charge >= 0.3 is 0 Å². The van der Waals surface area contributed by atoms with Gasteiger partial charge < -0.3 is 10.4 Å². The van der Waals surface area contributed by atoms with E-state index in [2.05, 4.69) is 46.0 Å². The van der Waals surface area contributed by atoms with Crippen LogP contribution in [0, 0.1) is 5.92 Å². The fraction of sp³-hybridized carbons (Fsp3) is 0.478. The van der Waals surface area contributed by atoms with Gasteiger partial charge in [0.2, 0.25) is 0 Å². The fourth-order valence-electron chi connectivity index (χ4n) is 4.60. The van der Waals surface area contributed by atoms with Crippen molar-refractivity contribution in [2.45, 2.75) is 64.0 Å². The second kappa shape index (κ2) is 7.21. The molecular formula is C23H28N4O. The number of nitrogens with zero attached hydrogens (tertiary/aromatic N) is 3. The summed E-state index contributed by atoms with van der Waals surface area (Å²) in [5.74, 6) is 2.31. The zero-order valence-electron chi connectivity index (χ0n) is 16.4. The number of aromatic nitrogens is 3. The van der Waals surface area contributed by atoms with E-state index < -0.39 is 0 Å². The van der Waals surface area contributed by atoms with Gasteiger partial charge in [0.15, 0.2) is 0 Å². The van der Waals surface area contributed by atoms with E-state index in [0.717, 1.165) is 34.3 Å². The first-order valence-corrected chi connectivity index (χ1v) is 10.6. The number of fused-ring (bicyclic) bond motifs is 1. The predicted molar refractivity (Wildman–Crippen MR) is 111 cm³/mol. The monoisotopic (exact) mass is 376 g/mol. The van der Waals surface area contributed by atoms with Crippen molar-refractivity contribution in [2.75, 3.05) is 5.32 Å². The molecule has 146 valence electrons. The van der Waals surface area contributed by atoms with Crippen LogP contribution in [0.15, 0.2) is 36.7 Å². The maximum Gasteiger partial charge on any atom is 0.137 e. The quantitative estimate of drug-likeness (QED) is 0.674. The summed E-state index contributed by atoms with van der Waals surface area (Å²) in [5, 5.41) is 13.4. The van der Waals surface area contributed by atoms with E-state index in [0.29, 0.717) is 12.0 Å². The van der Waals surface area contributed by atoms with E-state index in [-0.39, 0.29) is 6.61 Å².